The summed E-state index contributed by atoms with van der Waals surface area (Å²) in [4.78, 5) is 11.5. The minimum atomic E-state index is -1.64. The topological polar surface area (TPSA) is 12.4 Å². The standard InChI is InChI=1S/C7H12N.3CH3.Sn/c1-4-5-8-6-7(2)3;;;;/h1,4,6-7H,5H2,2-3H3;3*1H3;. The van der Waals surface area contributed by atoms with Crippen LogP contribution in [0.25, 0.3) is 0 Å². The van der Waals surface area contributed by atoms with Gasteiger partial charge in [-0.2, -0.15) is 0 Å². The summed E-state index contributed by atoms with van der Waals surface area (Å²) in [6, 6.07) is 0. The summed E-state index contributed by atoms with van der Waals surface area (Å²) in [5.74, 6) is 0.580. The Morgan fingerprint density at radius 2 is 1.83 bits per heavy atom. The Balaban J connectivity index is 3.63. The van der Waals surface area contributed by atoms with Gasteiger partial charge in [-0.3, -0.25) is 0 Å². The van der Waals surface area contributed by atoms with Gasteiger partial charge in [-0.1, -0.05) is 0 Å². The normalized spacial score (nSPS) is 13.8. The molecule has 0 amide bonds. The van der Waals surface area contributed by atoms with Crippen LogP contribution in [0.15, 0.2) is 15.2 Å². The van der Waals surface area contributed by atoms with Crippen molar-refractivity contribution in [2.75, 3.05) is 6.54 Å². The van der Waals surface area contributed by atoms with Crippen LogP contribution in [0.1, 0.15) is 13.8 Å². The second kappa shape index (κ2) is 5.79. The van der Waals surface area contributed by atoms with E-state index in [9.17, 15) is 0 Å². The molecule has 70 valence electrons. The van der Waals surface area contributed by atoms with E-state index in [0.717, 1.165) is 6.54 Å². The first kappa shape index (κ1) is 12.2. The van der Waals surface area contributed by atoms with Gasteiger partial charge < -0.3 is 0 Å². The number of aliphatic imine (C=N–C) groups is 1. The van der Waals surface area contributed by atoms with Crippen LogP contribution in [0.4, 0.5) is 0 Å². The molecule has 0 unspecified atom stereocenters. The van der Waals surface area contributed by atoms with Gasteiger partial charge in [0.2, 0.25) is 0 Å². The van der Waals surface area contributed by atoms with E-state index in [-0.39, 0.29) is 0 Å². The van der Waals surface area contributed by atoms with Gasteiger partial charge in [-0.15, -0.1) is 0 Å². The number of hydrogen-bond donors (Lipinski definition) is 0. The third-order valence-electron chi connectivity index (χ3n) is 1.23. The van der Waals surface area contributed by atoms with E-state index in [0.29, 0.717) is 5.92 Å². The Kier molecular flexibility index (Phi) is 5.89. The van der Waals surface area contributed by atoms with Crippen molar-refractivity contribution in [3.63, 3.8) is 0 Å². The van der Waals surface area contributed by atoms with E-state index < -0.39 is 18.4 Å². The van der Waals surface area contributed by atoms with Crippen molar-refractivity contribution in [2.45, 2.75) is 28.7 Å². The Morgan fingerprint density at radius 1 is 1.25 bits per heavy atom. The molecule has 0 atom stereocenters. The zero-order chi connectivity index (χ0) is 9.61. The Labute approximate surface area is 80.8 Å². The van der Waals surface area contributed by atoms with E-state index in [1.807, 2.05) is 6.21 Å². The molecule has 0 aromatic rings. The minimum absolute atomic E-state index is 0.580. The Hall–Kier alpha value is 0.209. The van der Waals surface area contributed by atoms with Crippen LogP contribution in [0, 0.1) is 5.92 Å². The summed E-state index contributed by atoms with van der Waals surface area (Å²) in [5.41, 5.74) is 0. The van der Waals surface area contributed by atoms with Gasteiger partial charge in [0.05, 0.1) is 0 Å². The molecule has 0 heterocycles. The summed E-state index contributed by atoms with van der Waals surface area (Å²) < 4.78 is 2.41. The fraction of sp³-hybridized carbons (Fsp3) is 0.700. The van der Waals surface area contributed by atoms with Crippen LogP contribution in [0.2, 0.25) is 14.8 Å². The predicted octanol–water partition coefficient (Wildman–Crippen LogP) is 3.15. The first-order valence-corrected chi connectivity index (χ1v) is 14.8. The van der Waals surface area contributed by atoms with Gasteiger partial charge in [0.25, 0.3) is 0 Å². The first-order valence-electron chi connectivity index (χ1n) is 4.59. The average Bonchev–Trinajstić information content (AvgIpc) is 1.83. The van der Waals surface area contributed by atoms with Gasteiger partial charge in [-0.05, 0) is 0 Å². The van der Waals surface area contributed by atoms with Crippen molar-refractivity contribution in [1.82, 2.24) is 0 Å². The second-order valence-corrected chi connectivity index (χ2v) is 19.0. The molecule has 0 aromatic heterocycles. The third-order valence-corrected chi connectivity index (χ3v) is 4.76. The van der Waals surface area contributed by atoms with Crippen LogP contribution in [0.3, 0.4) is 0 Å². The molecule has 0 aliphatic rings. The second-order valence-electron chi connectivity index (χ2n) is 4.53. The monoisotopic (exact) mass is 275 g/mol. The average molecular weight is 274 g/mol. The first-order chi connectivity index (χ1) is 5.42. The van der Waals surface area contributed by atoms with Crippen molar-refractivity contribution >= 4 is 24.6 Å². The summed E-state index contributed by atoms with van der Waals surface area (Å²) >= 11 is -1.64. The Bertz CT molecular complexity index is 163. The van der Waals surface area contributed by atoms with E-state index in [4.69, 9.17) is 0 Å². The summed E-state index contributed by atoms with van der Waals surface area (Å²) in [5, 5.41) is 0. The van der Waals surface area contributed by atoms with Crippen molar-refractivity contribution in [3.8, 4) is 0 Å². The molecular formula is C10H21NSn. The predicted molar refractivity (Wildman–Crippen MR) is 60.7 cm³/mol. The van der Waals surface area contributed by atoms with E-state index in [2.05, 4.69) is 43.8 Å². The van der Waals surface area contributed by atoms with E-state index in [1.54, 1.807) is 0 Å². The number of hydrogen-bond acceptors (Lipinski definition) is 1. The zero-order valence-electron chi connectivity index (χ0n) is 8.96. The molecule has 0 aromatic carbocycles. The maximum absolute atomic E-state index is 4.30. The summed E-state index contributed by atoms with van der Waals surface area (Å²) in [7, 11) is 0. The quantitative estimate of drug-likeness (QED) is 0.551. The molecule has 12 heavy (non-hydrogen) atoms. The molecule has 0 saturated carbocycles. The molecule has 0 spiro atoms. The molecule has 0 saturated heterocycles. The van der Waals surface area contributed by atoms with Gasteiger partial charge in [0.1, 0.15) is 0 Å². The van der Waals surface area contributed by atoms with Crippen molar-refractivity contribution in [1.29, 1.82) is 0 Å². The molecule has 2 heteroatoms. The molecule has 0 rings (SSSR count). The molecule has 0 radical (unpaired) electrons. The van der Waals surface area contributed by atoms with Crippen molar-refractivity contribution in [3.05, 3.63) is 10.2 Å². The van der Waals surface area contributed by atoms with Gasteiger partial charge >= 0.3 is 80.9 Å². The Morgan fingerprint density at radius 3 is 2.25 bits per heavy atom. The number of nitrogens with zero attached hydrogens (tertiary/aromatic N) is 1. The fourth-order valence-electron chi connectivity index (χ4n) is 0.739. The molecule has 0 aliphatic heterocycles. The molecule has 1 nitrogen and oxygen atoms in total. The van der Waals surface area contributed by atoms with E-state index in [1.165, 1.54) is 0 Å². The molecule has 0 fully saturated rings. The molecule has 0 N–H and O–H groups in total. The van der Waals surface area contributed by atoms with Crippen LogP contribution < -0.4 is 0 Å². The molecular weight excluding hydrogens is 253 g/mol. The number of rotatable bonds is 4. The summed E-state index contributed by atoms with van der Waals surface area (Å²) in [6.07, 6.45) is 4.23. The SMILES string of the molecule is CC(C)C=NC/C=[CH]\[Sn]([CH3])([CH3])[CH3]. The van der Waals surface area contributed by atoms with Crippen LogP contribution in [-0.4, -0.2) is 31.1 Å². The van der Waals surface area contributed by atoms with Crippen molar-refractivity contribution < 1.29 is 0 Å². The van der Waals surface area contributed by atoms with Crippen LogP contribution in [-0.2, 0) is 0 Å². The van der Waals surface area contributed by atoms with Crippen molar-refractivity contribution in [2.24, 2.45) is 10.9 Å². The van der Waals surface area contributed by atoms with Crippen LogP contribution >= 0.6 is 0 Å². The van der Waals surface area contributed by atoms with Gasteiger partial charge in [0.15, 0.2) is 0 Å². The van der Waals surface area contributed by atoms with Crippen LogP contribution in [0.5, 0.6) is 0 Å². The van der Waals surface area contributed by atoms with Gasteiger partial charge in [0, 0.05) is 0 Å². The third kappa shape index (κ3) is 10.2. The zero-order valence-corrected chi connectivity index (χ0v) is 11.8. The fourth-order valence-corrected chi connectivity index (χ4v) is 3.06. The molecule has 0 bridgehead atoms. The summed E-state index contributed by atoms with van der Waals surface area (Å²) in [6.45, 7) is 5.17. The van der Waals surface area contributed by atoms with E-state index >= 15 is 0 Å². The molecule has 0 aliphatic carbocycles. The van der Waals surface area contributed by atoms with Gasteiger partial charge in [-0.25, -0.2) is 0 Å². The maximum atomic E-state index is 4.30.